The van der Waals surface area contributed by atoms with Gasteiger partial charge in [0.25, 0.3) is 0 Å². The normalized spacial score (nSPS) is 15.0. The Kier molecular flexibility index (Phi) is 6.65. The minimum Gasteiger partial charge on any atom is -0.388 e. The van der Waals surface area contributed by atoms with Gasteiger partial charge in [-0.1, -0.05) is 38.8 Å². The lowest BCUT2D eigenvalue weighted by Gasteiger charge is -2.15. The van der Waals surface area contributed by atoms with Gasteiger partial charge < -0.3 is 5.11 Å². The van der Waals surface area contributed by atoms with Crippen LogP contribution in [0.5, 0.6) is 0 Å². The van der Waals surface area contributed by atoms with Crippen LogP contribution in [0.2, 0.25) is 0 Å². The molecule has 0 saturated carbocycles. The second-order valence-electron chi connectivity index (χ2n) is 5.16. The van der Waals surface area contributed by atoms with Gasteiger partial charge >= 0.3 is 0 Å². The molecule has 5 heteroatoms. The first-order valence-electron chi connectivity index (χ1n) is 7.21. The number of aliphatic hydroxyl groups excluding tert-OH is 1. The molecular weight excluding hydrogens is 274 g/mol. The summed E-state index contributed by atoms with van der Waals surface area (Å²) in [5.41, 5.74) is 0.636. The highest BCUT2D eigenvalue weighted by Gasteiger charge is 2.18. The Labute approximate surface area is 122 Å². The highest BCUT2D eigenvalue weighted by molar-refractivity contribution is 7.89. The summed E-state index contributed by atoms with van der Waals surface area (Å²) in [7, 11) is -3.52. The molecule has 1 aromatic rings. The average Bonchev–Trinajstić information content (AvgIpc) is 2.44. The molecule has 1 rings (SSSR count). The Balaban J connectivity index is 2.87. The molecule has 4 nitrogen and oxygen atoms in total. The second-order valence-corrected chi connectivity index (χ2v) is 6.88. The molecule has 0 aliphatic carbocycles. The highest BCUT2D eigenvalue weighted by Crippen LogP contribution is 2.20. The van der Waals surface area contributed by atoms with Crippen molar-refractivity contribution in [3.05, 3.63) is 29.8 Å². The standard InChI is InChI=1S/C15H25NO3S/c1-4-6-8-12(3)16-20(18,19)14-10-7-9-13(11-14)15(17)5-2/h7,9-12,15-17H,4-6,8H2,1-3H3. The number of rotatable bonds is 8. The van der Waals surface area contributed by atoms with Crippen molar-refractivity contribution in [2.75, 3.05) is 0 Å². The molecule has 2 atom stereocenters. The fourth-order valence-electron chi connectivity index (χ4n) is 2.03. The van der Waals surface area contributed by atoms with Crippen LogP contribution in [0.3, 0.4) is 0 Å². The van der Waals surface area contributed by atoms with Crippen molar-refractivity contribution in [3.63, 3.8) is 0 Å². The summed E-state index contributed by atoms with van der Waals surface area (Å²) in [6.07, 6.45) is 2.81. The van der Waals surface area contributed by atoms with Crippen LogP contribution in [0.1, 0.15) is 58.1 Å². The zero-order chi connectivity index (χ0) is 15.2. The van der Waals surface area contributed by atoms with Crippen molar-refractivity contribution >= 4 is 10.0 Å². The van der Waals surface area contributed by atoms with Crippen LogP contribution < -0.4 is 4.72 Å². The van der Waals surface area contributed by atoms with Crippen molar-refractivity contribution in [1.29, 1.82) is 0 Å². The largest absolute Gasteiger partial charge is 0.388 e. The Morgan fingerprint density at radius 3 is 2.60 bits per heavy atom. The maximum atomic E-state index is 12.3. The molecule has 0 saturated heterocycles. The van der Waals surface area contributed by atoms with Gasteiger partial charge in [-0.2, -0.15) is 0 Å². The van der Waals surface area contributed by atoms with E-state index in [2.05, 4.69) is 11.6 Å². The molecule has 0 spiro atoms. The Hall–Kier alpha value is -0.910. The number of sulfonamides is 1. The molecule has 0 aromatic heterocycles. The molecular formula is C15H25NO3S. The molecule has 0 bridgehead atoms. The van der Waals surface area contributed by atoms with Crippen molar-refractivity contribution in [2.45, 2.75) is 63.5 Å². The van der Waals surface area contributed by atoms with Gasteiger partial charge in [0, 0.05) is 6.04 Å². The summed E-state index contributed by atoms with van der Waals surface area (Å²) in [5.74, 6) is 0. The molecule has 2 N–H and O–H groups in total. The van der Waals surface area contributed by atoms with E-state index in [1.165, 1.54) is 0 Å². The van der Waals surface area contributed by atoms with Crippen molar-refractivity contribution in [1.82, 2.24) is 4.72 Å². The van der Waals surface area contributed by atoms with E-state index in [-0.39, 0.29) is 10.9 Å². The number of hydrogen-bond donors (Lipinski definition) is 2. The number of unbranched alkanes of at least 4 members (excludes halogenated alkanes) is 1. The maximum Gasteiger partial charge on any atom is 0.240 e. The fraction of sp³-hybridized carbons (Fsp3) is 0.600. The maximum absolute atomic E-state index is 12.3. The Morgan fingerprint density at radius 2 is 2.00 bits per heavy atom. The predicted octanol–water partition coefficient (Wildman–Crippen LogP) is 2.99. The quantitative estimate of drug-likeness (QED) is 0.775. The van der Waals surface area contributed by atoms with E-state index in [4.69, 9.17) is 0 Å². The van der Waals surface area contributed by atoms with Crippen molar-refractivity contribution in [2.24, 2.45) is 0 Å². The van der Waals surface area contributed by atoms with Gasteiger partial charge in [-0.05, 0) is 37.5 Å². The van der Waals surface area contributed by atoms with Gasteiger partial charge in [0.2, 0.25) is 10.0 Å². The first-order chi connectivity index (χ1) is 9.40. The zero-order valence-corrected chi connectivity index (χ0v) is 13.3. The van der Waals surface area contributed by atoms with Crippen LogP contribution in [-0.4, -0.2) is 19.6 Å². The first kappa shape index (κ1) is 17.1. The van der Waals surface area contributed by atoms with Gasteiger partial charge in [0.1, 0.15) is 0 Å². The van der Waals surface area contributed by atoms with Crippen molar-refractivity contribution < 1.29 is 13.5 Å². The lowest BCUT2D eigenvalue weighted by Crippen LogP contribution is -2.32. The third-order valence-electron chi connectivity index (χ3n) is 3.29. The van der Waals surface area contributed by atoms with E-state index in [0.717, 1.165) is 19.3 Å². The molecule has 2 unspecified atom stereocenters. The van der Waals surface area contributed by atoms with Gasteiger partial charge in [-0.15, -0.1) is 0 Å². The van der Waals surface area contributed by atoms with Crippen LogP contribution in [0.25, 0.3) is 0 Å². The molecule has 0 fully saturated rings. The fourth-order valence-corrected chi connectivity index (χ4v) is 3.36. The van der Waals surface area contributed by atoms with E-state index in [9.17, 15) is 13.5 Å². The minimum atomic E-state index is -3.52. The van der Waals surface area contributed by atoms with E-state index < -0.39 is 16.1 Å². The molecule has 0 radical (unpaired) electrons. The predicted molar refractivity (Wildman–Crippen MR) is 81.0 cm³/mol. The molecule has 0 amide bonds. The number of benzene rings is 1. The summed E-state index contributed by atoms with van der Waals surface area (Å²) in [5, 5.41) is 9.80. The van der Waals surface area contributed by atoms with E-state index >= 15 is 0 Å². The van der Waals surface area contributed by atoms with Gasteiger partial charge in [0.05, 0.1) is 11.0 Å². The molecule has 20 heavy (non-hydrogen) atoms. The monoisotopic (exact) mass is 299 g/mol. The molecule has 0 aliphatic rings. The van der Waals surface area contributed by atoms with Gasteiger partial charge in [-0.3, -0.25) is 0 Å². The van der Waals surface area contributed by atoms with Gasteiger partial charge in [0.15, 0.2) is 0 Å². The summed E-state index contributed by atoms with van der Waals surface area (Å²) in [4.78, 5) is 0.214. The molecule has 114 valence electrons. The lowest BCUT2D eigenvalue weighted by atomic mass is 10.1. The van der Waals surface area contributed by atoms with Gasteiger partial charge in [-0.25, -0.2) is 13.1 Å². The van der Waals surface area contributed by atoms with Crippen LogP contribution in [-0.2, 0) is 10.0 Å². The highest BCUT2D eigenvalue weighted by atomic mass is 32.2. The SMILES string of the molecule is CCCCC(C)NS(=O)(=O)c1cccc(C(O)CC)c1. The third kappa shape index (κ3) is 4.89. The summed E-state index contributed by atoms with van der Waals surface area (Å²) in [6.45, 7) is 5.81. The topological polar surface area (TPSA) is 66.4 Å². The van der Waals surface area contributed by atoms with Crippen LogP contribution >= 0.6 is 0 Å². The minimum absolute atomic E-state index is 0.0836. The number of hydrogen-bond acceptors (Lipinski definition) is 3. The third-order valence-corrected chi connectivity index (χ3v) is 4.87. The summed E-state index contributed by atoms with van der Waals surface area (Å²) >= 11 is 0. The van der Waals surface area contributed by atoms with E-state index in [0.29, 0.717) is 12.0 Å². The Morgan fingerprint density at radius 1 is 1.30 bits per heavy atom. The van der Waals surface area contributed by atoms with Crippen LogP contribution in [0.4, 0.5) is 0 Å². The number of nitrogens with one attached hydrogen (secondary N) is 1. The molecule has 1 aromatic carbocycles. The summed E-state index contributed by atoms with van der Waals surface area (Å²) in [6, 6.07) is 6.43. The lowest BCUT2D eigenvalue weighted by molar-refractivity contribution is 0.173. The second kappa shape index (κ2) is 7.76. The van der Waals surface area contributed by atoms with Crippen LogP contribution in [0, 0.1) is 0 Å². The molecule has 0 aliphatic heterocycles. The summed E-state index contributed by atoms with van der Waals surface area (Å²) < 4.78 is 27.2. The zero-order valence-electron chi connectivity index (χ0n) is 12.5. The van der Waals surface area contributed by atoms with E-state index in [1.54, 1.807) is 24.3 Å². The Bertz CT molecular complexity index is 514. The number of aliphatic hydroxyl groups is 1. The van der Waals surface area contributed by atoms with E-state index in [1.807, 2.05) is 13.8 Å². The van der Waals surface area contributed by atoms with Crippen molar-refractivity contribution in [3.8, 4) is 0 Å². The van der Waals surface area contributed by atoms with Crippen LogP contribution in [0.15, 0.2) is 29.2 Å². The smallest absolute Gasteiger partial charge is 0.240 e. The first-order valence-corrected chi connectivity index (χ1v) is 8.69. The average molecular weight is 299 g/mol. The molecule has 0 heterocycles.